The maximum absolute atomic E-state index is 5.65. The first-order chi connectivity index (χ1) is 6.63. The predicted molar refractivity (Wildman–Crippen MR) is 59.7 cm³/mol. The van der Waals surface area contributed by atoms with Crippen LogP contribution in [0.5, 0.6) is 5.88 Å². The van der Waals surface area contributed by atoms with Crippen LogP contribution in [0.1, 0.15) is 26.7 Å². The summed E-state index contributed by atoms with van der Waals surface area (Å²) < 4.78 is 6.31. The zero-order chi connectivity index (χ0) is 10.6. The van der Waals surface area contributed by atoms with Crippen molar-refractivity contribution in [3.8, 4) is 5.88 Å². The molecule has 5 heteroatoms. The molecule has 0 aliphatic carbocycles. The molecule has 0 fully saturated rings. The van der Waals surface area contributed by atoms with Crippen LogP contribution in [0.25, 0.3) is 0 Å². The third kappa shape index (κ3) is 3.42. The summed E-state index contributed by atoms with van der Waals surface area (Å²) in [6, 6.07) is 0. The number of hydrogen-bond acceptors (Lipinski definition) is 3. The van der Waals surface area contributed by atoms with Gasteiger partial charge in [-0.15, -0.1) is 0 Å². The van der Waals surface area contributed by atoms with Gasteiger partial charge in [-0.3, -0.25) is 0 Å². The lowest BCUT2D eigenvalue weighted by atomic mass is 10.2. The van der Waals surface area contributed by atoms with Crippen molar-refractivity contribution in [2.45, 2.75) is 32.8 Å². The minimum atomic E-state index is 0.141. The maximum atomic E-state index is 5.65. The van der Waals surface area contributed by atoms with Crippen LogP contribution in [0.15, 0.2) is 10.7 Å². The molecule has 0 bridgehead atoms. The smallest absolute Gasteiger partial charge is 0.232 e. The van der Waals surface area contributed by atoms with Gasteiger partial charge in [0, 0.05) is 6.20 Å². The van der Waals surface area contributed by atoms with Crippen LogP contribution < -0.4 is 4.74 Å². The zero-order valence-corrected chi connectivity index (χ0v) is 10.5. The summed E-state index contributed by atoms with van der Waals surface area (Å²) in [4.78, 5) is 7.80. The van der Waals surface area contributed by atoms with Crippen molar-refractivity contribution in [1.29, 1.82) is 0 Å². The van der Waals surface area contributed by atoms with Crippen LogP contribution in [0.2, 0.25) is 5.28 Å². The summed E-state index contributed by atoms with van der Waals surface area (Å²) >= 11 is 8.96. The molecular weight excluding hydrogens is 267 g/mol. The van der Waals surface area contributed by atoms with Crippen LogP contribution in [0, 0.1) is 0 Å². The summed E-state index contributed by atoms with van der Waals surface area (Å²) in [5, 5.41) is 0.201. The molecule has 78 valence electrons. The Morgan fingerprint density at radius 2 is 2.36 bits per heavy atom. The average Bonchev–Trinajstić information content (AvgIpc) is 2.12. The van der Waals surface area contributed by atoms with E-state index in [1.165, 1.54) is 0 Å². The molecule has 1 heterocycles. The highest BCUT2D eigenvalue weighted by Gasteiger charge is 2.08. The SMILES string of the molecule is CCCC(C)Oc1nc(Cl)ncc1Br. The molecule has 0 radical (unpaired) electrons. The third-order valence-corrected chi connectivity index (χ3v) is 2.42. The second-order valence-electron chi connectivity index (χ2n) is 3.01. The van der Waals surface area contributed by atoms with Gasteiger partial charge in [-0.25, -0.2) is 4.98 Å². The van der Waals surface area contributed by atoms with Gasteiger partial charge in [0.1, 0.15) is 0 Å². The first-order valence-corrected chi connectivity index (χ1v) is 5.65. The minimum Gasteiger partial charge on any atom is -0.474 e. The van der Waals surface area contributed by atoms with Crippen LogP contribution >= 0.6 is 27.5 Å². The zero-order valence-electron chi connectivity index (χ0n) is 8.13. The highest BCUT2D eigenvalue weighted by atomic mass is 79.9. The Kier molecular flexibility index (Phi) is 4.62. The molecule has 1 rings (SSSR count). The average molecular weight is 280 g/mol. The fraction of sp³-hybridized carbons (Fsp3) is 0.556. The van der Waals surface area contributed by atoms with Crippen molar-refractivity contribution in [1.82, 2.24) is 9.97 Å². The van der Waals surface area contributed by atoms with Crippen LogP contribution in [0.3, 0.4) is 0 Å². The lowest BCUT2D eigenvalue weighted by Gasteiger charge is -2.13. The van der Waals surface area contributed by atoms with E-state index in [-0.39, 0.29) is 11.4 Å². The molecule has 1 unspecified atom stereocenters. The molecule has 1 aromatic heterocycles. The van der Waals surface area contributed by atoms with E-state index >= 15 is 0 Å². The highest BCUT2D eigenvalue weighted by Crippen LogP contribution is 2.24. The summed E-state index contributed by atoms with van der Waals surface area (Å²) in [5.41, 5.74) is 0. The van der Waals surface area contributed by atoms with Gasteiger partial charge in [0.05, 0.1) is 10.6 Å². The van der Waals surface area contributed by atoms with Crippen molar-refractivity contribution in [2.24, 2.45) is 0 Å². The van der Waals surface area contributed by atoms with E-state index in [1.54, 1.807) is 6.20 Å². The molecule has 0 saturated carbocycles. The van der Waals surface area contributed by atoms with Crippen molar-refractivity contribution in [2.75, 3.05) is 0 Å². The third-order valence-electron chi connectivity index (χ3n) is 1.69. The number of rotatable bonds is 4. The van der Waals surface area contributed by atoms with Gasteiger partial charge < -0.3 is 4.74 Å². The van der Waals surface area contributed by atoms with Gasteiger partial charge in [0.25, 0.3) is 0 Å². The quantitative estimate of drug-likeness (QED) is 0.792. The molecule has 1 aromatic rings. The van der Waals surface area contributed by atoms with E-state index in [2.05, 4.69) is 32.8 Å². The summed E-state index contributed by atoms with van der Waals surface area (Å²) in [5.74, 6) is 0.506. The molecule has 0 amide bonds. The molecule has 0 aromatic carbocycles. The minimum absolute atomic E-state index is 0.141. The van der Waals surface area contributed by atoms with Gasteiger partial charge in [0.2, 0.25) is 11.2 Å². The van der Waals surface area contributed by atoms with Crippen molar-refractivity contribution in [3.63, 3.8) is 0 Å². The molecule has 1 atom stereocenters. The van der Waals surface area contributed by atoms with E-state index in [0.29, 0.717) is 5.88 Å². The molecule has 0 spiro atoms. The van der Waals surface area contributed by atoms with Gasteiger partial charge in [-0.05, 0) is 40.9 Å². The molecule has 14 heavy (non-hydrogen) atoms. The lowest BCUT2D eigenvalue weighted by molar-refractivity contribution is 0.199. The number of aromatic nitrogens is 2. The van der Waals surface area contributed by atoms with Crippen LogP contribution in [0.4, 0.5) is 0 Å². The summed E-state index contributed by atoms with van der Waals surface area (Å²) in [6.07, 6.45) is 3.80. The first kappa shape index (κ1) is 11.7. The van der Waals surface area contributed by atoms with Crippen LogP contribution in [-0.2, 0) is 0 Å². The number of ether oxygens (including phenoxy) is 1. The molecule has 0 aliphatic rings. The normalized spacial score (nSPS) is 12.6. The van der Waals surface area contributed by atoms with E-state index in [1.807, 2.05) is 6.92 Å². The Bertz CT molecular complexity index is 309. The second-order valence-corrected chi connectivity index (χ2v) is 4.20. The summed E-state index contributed by atoms with van der Waals surface area (Å²) in [6.45, 7) is 4.12. The van der Waals surface area contributed by atoms with Gasteiger partial charge in [-0.1, -0.05) is 13.3 Å². The lowest BCUT2D eigenvalue weighted by Crippen LogP contribution is -2.12. The Labute approximate surface area is 97.0 Å². The van der Waals surface area contributed by atoms with Crippen molar-refractivity contribution in [3.05, 3.63) is 16.0 Å². The fourth-order valence-corrected chi connectivity index (χ4v) is 1.48. The second kappa shape index (κ2) is 5.51. The van der Waals surface area contributed by atoms with Crippen molar-refractivity contribution >= 4 is 27.5 Å². The van der Waals surface area contributed by atoms with E-state index < -0.39 is 0 Å². The van der Waals surface area contributed by atoms with E-state index in [4.69, 9.17) is 16.3 Å². The molecule has 0 saturated heterocycles. The van der Waals surface area contributed by atoms with Crippen molar-refractivity contribution < 1.29 is 4.74 Å². The monoisotopic (exact) mass is 278 g/mol. The predicted octanol–water partition coefficient (Wildman–Crippen LogP) is 3.46. The number of halogens is 2. The van der Waals surface area contributed by atoms with Crippen LogP contribution in [-0.4, -0.2) is 16.1 Å². The molecule has 3 nitrogen and oxygen atoms in total. The number of nitrogens with zero attached hydrogens (tertiary/aromatic N) is 2. The Hall–Kier alpha value is -0.350. The fourth-order valence-electron chi connectivity index (χ4n) is 1.07. The van der Waals surface area contributed by atoms with E-state index in [0.717, 1.165) is 17.3 Å². The molecule has 0 aliphatic heterocycles. The highest BCUT2D eigenvalue weighted by molar-refractivity contribution is 9.10. The number of hydrogen-bond donors (Lipinski definition) is 0. The molecule has 0 N–H and O–H groups in total. The first-order valence-electron chi connectivity index (χ1n) is 4.48. The maximum Gasteiger partial charge on any atom is 0.232 e. The summed E-state index contributed by atoms with van der Waals surface area (Å²) in [7, 11) is 0. The standard InChI is InChI=1S/C9H12BrClN2O/c1-3-4-6(2)14-8-7(10)5-12-9(11)13-8/h5-6H,3-4H2,1-2H3. The van der Waals surface area contributed by atoms with Gasteiger partial charge in [-0.2, -0.15) is 4.98 Å². The van der Waals surface area contributed by atoms with Gasteiger partial charge >= 0.3 is 0 Å². The molecular formula is C9H12BrClN2O. The Morgan fingerprint density at radius 3 is 3.00 bits per heavy atom. The van der Waals surface area contributed by atoms with Gasteiger partial charge in [0.15, 0.2) is 0 Å². The Balaban J connectivity index is 2.70. The Morgan fingerprint density at radius 1 is 1.64 bits per heavy atom. The van der Waals surface area contributed by atoms with E-state index in [9.17, 15) is 0 Å². The topological polar surface area (TPSA) is 35.0 Å². The largest absolute Gasteiger partial charge is 0.474 e.